The molecule has 0 aliphatic heterocycles. The third kappa shape index (κ3) is 3.69. The Hall–Kier alpha value is -3.88. The maximum absolute atomic E-state index is 14.2. The van der Waals surface area contributed by atoms with E-state index in [0.29, 0.717) is 23.3 Å². The number of nitrogens with one attached hydrogen (secondary N) is 1. The van der Waals surface area contributed by atoms with Crippen LogP contribution in [0.15, 0.2) is 59.5 Å². The van der Waals surface area contributed by atoms with Crippen LogP contribution in [0.3, 0.4) is 0 Å². The van der Waals surface area contributed by atoms with E-state index in [4.69, 9.17) is 0 Å². The topological polar surface area (TPSA) is 68.9 Å². The van der Waals surface area contributed by atoms with Crippen molar-refractivity contribution in [2.75, 3.05) is 5.32 Å². The van der Waals surface area contributed by atoms with Crippen molar-refractivity contribution in [2.45, 2.75) is 13.1 Å². The van der Waals surface area contributed by atoms with Crippen LogP contribution in [0.2, 0.25) is 0 Å². The number of amides is 1. The number of hydrogen-bond acceptors (Lipinski definition) is 3. The molecule has 0 aliphatic rings. The smallest absolute Gasteiger partial charge is 0.274 e. The summed E-state index contributed by atoms with van der Waals surface area (Å²) in [4.78, 5) is 27.7. The number of aromatic nitrogens is 3. The number of rotatable bonds is 6. The molecule has 0 bridgehead atoms. The lowest BCUT2D eigenvalue weighted by Crippen LogP contribution is -2.24. The molecule has 2 aromatic carbocycles. The number of carbonyl (C=O) groups excluding carboxylic acids is 1. The quantitative estimate of drug-likeness (QED) is 0.494. The third-order valence-corrected chi connectivity index (χ3v) is 4.68. The van der Waals surface area contributed by atoms with Gasteiger partial charge in [0.15, 0.2) is 0 Å². The summed E-state index contributed by atoms with van der Waals surface area (Å²) in [6.45, 7) is -0.0469. The van der Waals surface area contributed by atoms with Gasteiger partial charge in [-0.25, -0.2) is 18.2 Å². The fourth-order valence-corrected chi connectivity index (χ4v) is 3.25. The lowest BCUT2D eigenvalue weighted by atomic mass is 10.2. The van der Waals surface area contributed by atoms with Crippen LogP contribution in [0.1, 0.15) is 11.4 Å². The molecule has 0 saturated heterocycles. The van der Waals surface area contributed by atoms with E-state index >= 15 is 0 Å². The summed E-state index contributed by atoms with van der Waals surface area (Å²) >= 11 is 0. The summed E-state index contributed by atoms with van der Waals surface area (Å²) in [6, 6.07) is 10.3. The monoisotopic (exact) mass is 412 g/mol. The molecule has 6 nitrogen and oxygen atoms in total. The van der Waals surface area contributed by atoms with Crippen LogP contribution in [-0.2, 0) is 17.9 Å². The summed E-state index contributed by atoms with van der Waals surface area (Å²) in [5.41, 5.74) is 0.686. The number of pyridine rings is 1. The second-order valence-electron chi connectivity index (χ2n) is 6.60. The molecule has 0 atom stereocenters. The van der Waals surface area contributed by atoms with Crippen molar-refractivity contribution in [3.8, 4) is 0 Å². The zero-order valence-electron chi connectivity index (χ0n) is 15.5. The van der Waals surface area contributed by atoms with Gasteiger partial charge >= 0.3 is 0 Å². The Bertz CT molecular complexity index is 1310. The average molecular weight is 412 g/mol. The summed E-state index contributed by atoms with van der Waals surface area (Å²) in [6.07, 6.45) is 1.91. The van der Waals surface area contributed by atoms with Gasteiger partial charge in [-0.05, 0) is 36.4 Å². The zero-order valence-corrected chi connectivity index (χ0v) is 15.5. The van der Waals surface area contributed by atoms with Crippen molar-refractivity contribution in [3.63, 3.8) is 0 Å². The number of hydrogen-bond donors (Lipinski definition) is 1. The fraction of sp³-hybridized carbons (Fsp3) is 0.0952. The summed E-state index contributed by atoms with van der Waals surface area (Å²) < 4.78 is 44.3. The summed E-state index contributed by atoms with van der Waals surface area (Å²) in [7, 11) is 0. The van der Waals surface area contributed by atoms with Crippen LogP contribution in [-0.4, -0.2) is 20.5 Å². The molecule has 0 aliphatic carbocycles. The predicted octanol–water partition coefficient (Wildman–Crippen LogP) is 3.28. The lowest BCUT2D eigenvalue weighted by Gasteiger charge is -2.12. The number of fused-ring (bicyclic) bond motifs is 1. The first kappa shape index (κ1) is 19.4. The molecule has 4 rings (SSSR count). The van der Waals surface area contributed by atoms with Crippen molar-refractivity contribution < 1.29 is 18.0 Å². The van der Waals surface area contributed by atoms with Crippen molar-refractivity contribution in [1.82, 2.24) is 14.1 Å². The van der Waals surface area contributed by atoms with E-state index in [1.807, 2.05) is 0 Å². The van der Waals surface area contributed by atoms with Crippen LogP contribution in [0, 0.1) is 17.5 Å². The number of carbonyl (C=O) groups is 1. The Morgan fingerprint density at radius 2 is 1.77 bits per heavy atom. The fourth-order valence-electron chi connectivity index (χ4n) is 3.25. The standard InChI is InChI=1S/C21H15F3N4O2/c22-14-4-3-13(16(24)8-14)10-28-19-9-15(23)5-6-17(19)26-20(28)11-27-7-1-2-18(21(27)30)25-12-29/h1-9,12H,10-11H2,(H,25,29). The van der Waals surface area contributed by atoms with E-state index in [0.717, 1.165) is 12.1 Å². The Labute approximate surface area is 168 Å². The van der Waals surface area contributed by atoms with Crippen molar-refractivity contribution in [3.05, 3.63) is 93.9 Å². The van der Waals surface area contributed by atoms with E-state index in [1.54, 1.807) is 10.6 Å². The van der Waals surface area contributed by atoms with Gasteiger partial charge in [0.1, 0.15) is 29.0 Å². The maximum atomic E-state index is 14.2. The van der Waals surface area contributed by atoms with Gasteiger partial charge in [-0.2, -0.15) is 0 Å². The molecular formula is C21H15F3N4O2. The van der Waals surface area contributed by atoms with Gasteiger partial charge < -0.3 is 14.5 Å². The molecule has 0 spiro atoms. The van der Waals surface area contributed by atoms with Gasteiger partial charge in [0, 0.05) is 17.8 Å². The van der Waals surface area contributed by atoms with Gasteiger partial charge in [-0.15, -0.1) is 0 Å². The normalized spacial score (nSPS) is 11.0. The van der Waals surface area contributed by atoms with Gasteiger partial charge in [0.05, 0.1) is 24.1 Å². The minimum Gasteiger partial charge on any atom is -0.324 e. The molecular weight excluding hydrogens is 397 g/mol. The molecule has 0 saturated carbocycles. The minimum absolute atomic E-state index is 0.00762. The molecule has 4 aromatic rings. The highest BCUT2D eigenvalue weighted by Crippen LogP contribution is 2.21. The van der Waals surface area contributed by atoms with Crippen molar-refractivity contribution in [1.29, 1.82) is 0 Å². The molecule has 152 valence electrons. The zero-order chi connectivity index (χ0) is 21.3. The number of anilines is 1. The molecule has 9 heteroatoms. The molecule has 2 heterocycles. The van der Waals surface area contributed by atoms with Gasteiger partial charge in [-0.1, -0.05) is 6.07 Å². The van der Waals surface area contributed by atoms with Crippen LogP contribution < -0.4 is 10.9 Å². The van der Waals surface area contributed by atoms with E-state index in [1.165, 1.54) is 41.1 Å². The first-order chi connectivity index (χ1) is 14.5. The first-order valence-corrected chi connectivity index (χ1v) is 8.94. The lowest BCUT2D eigenvalue weighted by molar-refractivity contribution is -0.105. The van der Waals surface area contributed by atoms with Crippen LogP contribution in [0.25, 0.3) is 11.0 Å². The van der Waals surface area contributed by atoms with E-state index in [9.17, 15) is 22.8 Å². The SMILES string of the molecule is O=CNc1cccn(Cc2nc3ccc(F)cc3n2Cc2ccc(F)cc2F)c1=O. The van der Waals surface area contributed by atoms with Gasteiger partial charge in [0.25, 0.3) is 5.56 Å². The van der Waals surface area contributed by atoms with Gasteiger partial charge in [0.2, 0.25) is 6.41 Å². The number of halogens is 3. The molecule has 1 N–H and O–H groups in total. The second-order valence-corrected chi connectivity index (χ2v) is 6.60. The number of nitrogens with zero attached hydrogens (tertiary/aromatic N) is 3. The van der Waals surface area contributed by atoms with Gasteiger partial charge in [-0.3, -0.25) is 9.59 Å². The van der Waals surface area contributed by atoms with E-state index < -0.39 is 23.0 Å². The first-order valence-electron chi connectivity index (χ1n) is 8.94. The highest BCUT2D eigenvalue weighted by atomic mass is 19.1. The van der Waals surface area contributed by atoms with Crippen LogP contribution in [0.5, 0.6) is 0 Å². The van der Waals surface area contributed by atoms with Crippen LogP contribution in [0.4, 0.5) is 18.9 Å². The van der Waals surface area contributed by atoms with Crippen molar-refractivity contribution >= 4 is 23.1 Å². The van der Waals surface area contributed by atoms with Crippen LogP contribution >= 0.6 is 0 Å². The van der Waals surface area contributed by atoms with E-state index in [2.05, 4.69) is 10.3 Å². The maximum Gasteiger partial charge on any atom is 0.274 e. The number of benzene rings is 2. The molecule has 2 aromatic heterocycles. The molecule has 1 amide bonds. The molecule has 30 heavy (non-hydrogen) atoms. The molecule has 0 unspecified atom stereocenters. The highest BCUT2D eigenvalue weighted by Gasteiger charge is 2.15. The Balaban J connectivity index is 1.82. The molecule has 0 fully saturated rings. The highest BCUT2D eigenvalue weighted by molar-refractivity contribution is 5.76. The third-order valence-electron chi connectivity index (χ3n) is 4.68. The van der Waals surface area contributed by atoms with Crippen molar-refractivity contribution in [2.24, 2.45) is 0 Å². The summed E-state index contributed by atoms with van der Waals surface area (Å²) in [5, 5.41) is 2.33. The Morgan fingerprint density at radius 1 is 1.00 bits per heavy atom. The Kier molecular flexibility index (Phi) is 5.09. The average Bonchev–Trinajstić information content (AvgIpc) is 3.03. The molecule has 0 radical (unpaired) electrons. The largest absolute Gasteiger partial charge is 0.324 e. The predicted molar refractivity (Wildman–Crippen MR) is 105 cm³/mol. The Morgan fingerprint density at radius 3 is 2.53 bits per heavy atom. The van der Waals surface area contributed by atoms with E-state index in [-0.39, 0.29) is 24.3 Å². The number of imidazole rings is 1. The second kappa shape index (κ2) is 7.86. The minimum atomic E-state index is -0.742. The summed E-state index contributed by atoms with van der Waals surface area (Å²) in [5.74, 6) is -1.58.